The van der Waals surface area contributed by atoms with Crippen LogP contribution in [0.4, 0.5) is 0 Å². The molecule has 0 aliphatic heterocycles. The highest BCUT2D eigenvalue weighted by Crippen LogP contribution is 2.21. The van der Waals surface area contributed by atoms with Crippen molar-refractivity contribution >= 4 is 23.4 Å². The quantitative estimate of drug-likeness (QED) is 0.570. The molecule has 0 bridgehead atoms. The van der Waals surface area contributed by atoms with Gasteiger partial charge in [0.2, 0.25) is 11.1 Å². The van der Waals surface area contributed by atoms with Crippen LogP contribution in [0, 0.1) is 20.8 Å². The van der Waals surface area contributed by atoms with E-state index in [-0.39, 0.29) is 5.91 Å². The van der Waals surface area contributed by atoms with Crippen molar-refractivity contribution in [3.05, 3.63) is 52.3 Å². The molecule has 0 spiro atoms. The van der Waals surface area contributed by atoms with Gasteiger partial charge >= 0.3 is 0 Å². The van der Waals surface area contributed by atoms with E-state index in [0.717, 1.165) is 36.5 Å². The van der Waals surface area contributed by atoms with Crippen molar-refractivity contribution in [1.82, 2.24) is 24.5 Å². The third kappa shape index (κ3) is 4.35. The van der Waals surface area contributed by atoms with Gasteiger partial charge in [-0.15, -0.1) is 5.10 Å². The summed E-state index contributed by atoms with van der Waals surface area (Å²) >= 11 is 1.37. The highest BCUT2D eigenvalue weighted by molar-refractivity contribution is 7.99. The molecule has 1 aromatic carbocycles. The lowest BCUT2D eigenvalue weighted by Gasteiger charge is -2.17. The van der Waals surface area contributed by atoms with Gasteiger partial charge in [-0.25, -0.2) is 9.50 Å². The third-order valence-corrected chi connectivity index (χ3v) is 5.79. The highest BCUT2D eigenvalue weighted by Gasteiger charge is 2.16. The minimum absolute atomic E-state index is 0.106. The topological polar surface area (TPSA) is 63.4 Å². The molecule has 2 aromatic heterocycles. The zero-order valence-corrected chi connectivity index (χ0v) is 18.0. The summed E-state index contributed by atoms with van der Waals surface area (Å²) in [6, 6.07) is 8.56. The largest absolute Gasteiger partial charge is 0.343 e. The van der Waals surface area contributed by atoms with Gasteiger partial charge in [-0.1, -0.05) is 41.6 Å². The molecule has 0 unspecified atom stereocenters. The van der Waals surface area contributed by atoms with Crippen LogP contribution >= 0.6 is 11.8 Å². The van der Waals surface area contributed by atoms with Crippen LogP contribution in [-0.4, -0.2) is 49.2 Å². The average Bonchev–Trinajstić information content (AvgIpc) is 3.09. The van der Waals surface area contributed by atoms with Crippen LogP contribution in [0.2, 0.25) is 0 Å². The first kappa shape index (κ1) is 20.3. The minimum Gasteiger partial charge on any atom is -0.343 e. The molecule has 28 heavy (non-hydrogen) atoms. The van der Waals surface area contributed by atoms with Crippen molar-refractivity contribution in [3.8, 4) is 0 Å². The Balaban J connectivity index is 1.83. The molecule has 0 atom stereocenters. The summed E-state index contributed by atoms with van der Waals surface area (Å²) in [5.41, 5.74) is 5.67. The molecule has 0 fully saturated rings. The Bertz CT molecular complexity index is 977. The Labute approximate surface area is 170 Å². The molecule has 0 N–H and O–H groups in total. The van der Waals surface area contributed by atoms with Gasteiger partial charge in [0, 0.05) is 30.9 Å². The van der Waals surface area contributed by atoms with Gasteiger partial charge in [-0.3, -0.25) is 4.79 Å². The molecule has 6 nitrogen and oxygen atoms in total. The monoisotopic (exact) mass is 397 g/mol. The number of aryl methyl sites for hydroxylation is 3. The maximum absolute atomic E-state index is 12.2. The second-order valence-corrected chi connectivity index (χ2v) is 7.83. The molecule has 3 aromatic rings. The first-order valence-electron chi connectivity index (χ1n) is 9.61. The SMILES string of the molecule is CCN(CC)C(=O)CSc1nc2nc(C)c(Cc3ccc(C)cc3)c(C)n2n1. The summed E-state index contributed by atoms with van der Waals surface area (Å²) in [5, 5.41) is 5.17. The van der Waals surface area contributed by atoms with E-state index < -0.39 is 0 Å². The molecular weight excluding hydrogens is 370 g/mol. The van der Waals surface area contributed by atoms with Gasteiger partial charge in [0.15, 0.2) is 0 Å². The van der Waals surface area contributed by atoms with E-state index in [4.69, 9.17) is 0 Å². The Morgan fingerprint density at radius 3 is 2.39 bits per heavy atom. The fraction of sp³-hybridized carbons (Fsp3) is 0.429. The summed E-state index contributed by atoms with van der Waals surface area (Å²) in [5.74, 6) is 1.03. The smallest absolute Gasteiger partial charge is 0.253 e. The van der Waals surface area contributed by atoms with Crippen molar-refractivity contribution < 1.29 is 4.79 Å². The lowest BCUT2D eigenvalue weighted by Crippen LogP contribution is -2.31. The number of benzene rings is 1. The van der Waals surface area contributed by atoms with Crippen molar-refractivity contribution in [2.75, 3.05) is 18.8 Å². The molecule has 0 saturated heterocycles. The van der Waals surface area contributed by atoms with Gasteiger partial charge in [0.05, 0.1) is 5.75 Å². The van der Waals surface area contributed by atoms with Gasteiger partial charge in [-0.2, -0.15) is 4.98 Å². The van der Waals surface area contributed by atoms with Crippen LogP contribution in [-0.2, 0) is 11.2 Å². The summed E-state index contributed by atoms with van der Waals surface area (Å²) in [4.78, 5) is 23.2. The number of hydrogen-bond acceptors (Lipinski definition) is 5. The number of amides is 1. The van der Waals surface area contributed by atoms with Crippen molar-refractivity contribution in [3.63, 3.8) is 0 Å². The van der Waals surface area contributed by atoms with Crippen molar-refractivity contribution in [2.45, 2.75) is 46.2 Å². The van der Waals surface area contributed by atoms with Gasteiger partial charge in [0.25, 0.3) is 5.78 Å². The molecule has 0 aliphatic rings. The first-order valence-corrected chi connectivity index (χ1v) is 10.6. The number of aromatic nitrogens is 4. The van der Waals surface area contributed by atoms with Crippen LogP contribution in [0.25, 0.3) is 5.78 Å². The number of thioether (sulfide) groups is 1. The zero-order valence-electron chi connectivity index (χ0n) is 17.2. The standard InChI is InChI=1S/C21H27N5OS/c1-6-25(7-2)19(27)13-28-21-23-20-22-15(4)18(16(5)26(20)24-21)12-17-10-8-14(3)9-11-17/h8-11H,6-7,12-13H2,1-5H3. The molecule has 3 rings (SSSR count). The molecule has 0 radical (unpaired) electrons. The van der Waals surface area contributed by atoms with Crippen LogP contribution in [0.1, 0.15) is 41.9 Å². The lowest BCUT2D eigenvalue weighted by molar-refractivity contribution is -0.127. The van der Waals surface area contributed by atoms with E-state index >= 15 is 0 Å². The molecule has 0 saturated carbocycles. The van der Waals surface area contributed by atoms with Crippen LogP contribution < -0.4 is 0 Å². The number of fused-ring (bicyclic) bond motifs is 1. The van der Waals surface area contributed by atoms with Gasteiger partial charge in [0.1, 0.15) is 0 Å². The summed E-state index contributed by atoms with van der Waals surface area (Å²) in [7, 11) is 0. The maximum Gasteiger partial charge on any atom is 0.253 e. The number of nitrogens with zero attached hydrogens (tertiary/aromatic N) is 5. The van der Waals surface area contributed by atoms with E-state index in [0.29, 0.717) is 16.7 Å². The zero-order chi connectivity index (χ0) is 20.3. The number of rotatable bonds is 7. The van der Waals surface area contributed by atoms with Gasteiger partial charge in [-0.05, 0) is 45.7 Å². The molecule has 2 heterocycles. The molecular formula is C21H27N5OS. The predicted octanol–water partition coefficient (Wildman–Crippen LogP) is 3.60. The van der Waals surface area contributed by atoms with Crippen molar-refractivity contribution in [2.24, 2.45) is 0 Å². The van der Waals surface area contributed by atoms with Crippen LogP contribution in [0.15, 0.2) is 29.4 Å². The lowest BCUT2D eigenvalue weighted by atomic mass is 10.0. The number of carbonyl (C=O) groups is 1. The fourth-order valence-corrected chi connectivity index (χ4v) is 3.93. The molecule has 7 heteroatoms. The fourth-order valence-electron chi connectivity index (χ4n) is 3.21. The highest BCUT2D eigenvalue weighted by atomic mass is 32.2. The minimum atomic E-state index is 0.106. The molecule has 0 aliphatic carbocycles. The van der Waals surface area contributed by atoms with Gasteiger partial charge < -0.3 is 4.90 Å². The van der Waals surface area contributed by atoms with E-state index in [2.05, 4.69) is 53.2 Å². The average molecular weight is 398 g/mol. The second-order valence-electron chi connectivity index (χ2n) is 6.88. The van der Waals surface area contributed by atoms with E-state index in [1.165, 1.54) is 22.9 Å². The van der Waals surface area contributed by atoms with Crippen molar-refractivity contribution in [1.29, 1.82) is 0 Å². The predicted molar refractivity (Wildman–Crippen MR) is 113 cm³/mol. The number of carbonyl (C=O) groups excluding carboxylic acids is 1. The van der Waals surface area contributed by atoms with E-state index in [9.17, 15) is 4.79 Å². The summed E-state index contributed by atoms with van der Waals surface area (Å²) in [6.45, 7) is 11.6. The Kier molecular flexibility index (Phi) is 6.34. The molecule has 148 valence electrons. The maximum atomic E-state index is 12.2. The third-order valence-electron chi connectivity index (χ3n) is 4.97. The summed E-state index contributed by atoms with van der Waals surface area (Å²) in [6.07, 6.45) is 0.809. The van der Waals surface area contributed by atoms with E-state index in [1.807, 2.05) is 25.7 Å². The number of hydrogen-bond donors (Lipinski definition) is 0. The molecule has 1 amide bonds. The Morgan fingerprint density at radius 1 is 1.07 bits per heavy atom. The normalized spacial score (nSPS) is 11.2. The van der Waals surface area contributed by atoms with E-state index in [1.54, 1.807) is 4.52 Å². The van der Waals surface area contributed by atoms with Crippen LogP contribution in [0.5, 0.6) is 0 Å². The summed E-state index contributed by atoms with van der Waals surface area (Å²) < 4.78 is 1.79. The first-order chi connectivity index (χ1) is 13.4. The van der Waals surface area contributed by atoms with Crippen LogP contribution in [0.3, 0.4) is 0 Å². The Hall–Kier alpha value is -2.41. The second kappa shape index (κ2) is 8.73. The Morgan fingerprint density at radius 2 is 1.75 bits per heavy atom.